The lowest BCUT2D eigenvalue weighted by atomic mass is 10.1. The van der Waals surface area contributed by atoms with Crippen LogP contribution < -0.4 is 5.73 Å². The number of hydrogen-bond acceptors (Lipinski definition) is 3. The Morgan fingerprint density at radius 3 is 2.61 bits per heavy atom. The molecule has 0 atom stereocenters. The van der Waals surface area contributed by atoms with Crippen molar-refractivity contribution in [2.75, 3.05) is 13.1 Å². The van der Waals surface area contributed by atoms with Crippen LogP contribution in [-0.4, -0.2) is 33.8 Å². The Morgan fingerprint density at radius 2 is 2.11 bits per heavy atom. The molecule has 1 heterocycles. The van der Waals surface area contributed by atoms with Crippen molar-refractivity contribution in [3.63, 3.8) is 0 Å². The number of aromatic nitrogens is 2. The van der Waals surface area contributed by atoms with E-state index in [0.717, 1.165) is 29.5 Å². The zero-order valence-corrected chi connectivity index (χ0v) is 12.1. The molecule has 18 heavy (non-hydrogen) atoms. The summed E-state index contributed by atoms with van der Waals surface area (Å²) in [5.74, 6) is 0. The molecular formula is C13H23ClN4. The first-order valence-electron chi connectivity index (χ1n) is 6.75. The molecule has 1 aromatic rings. The van der Waals surface area contributed by atoms with Gasteiger partial charge in [-0.3, -0.25) is 9.58 Å². The number of hydrogen-bond donors (Lipinski definition) is 1. The van der Waals surface area contributed by atoms with Gasteiger partial charge in [0.2, 0.25) is 0 Å². The molecule has 2 N–H and O–H groups in total. The van der Waals surface area contributed by atoms with Crippen LogP contribution in [0.1, 0.15) is 36.9 Å². The predicted octanol–water partition coefficient (Wildman–Crippen LogP) is 2.09. The Morgan fingerprint density at radius 1 is 1.44 bits per heavy atom. The molecule has 0 radical (unpaired) electrons. The first-order chi connectivity index (χ1) is 8.63. The minimum absolute atomic E-state index is 0.671. The molecule has 2 rings (SSSR count). The van der Waals surface area contributed by atoms with Gasteiger partial charge in [-0.15, -0.1) is 0 Å². The van der Waals surface area contributed by atoms with Crippen molar-refractivity contribution in [2.45, 2.75) is 45.2 Å². The largest absolute Gasteiger partial charge is 0.329 e. The highest BCUT2D eigenvalue weighted by Crippen LogP contribution is 2.27. The molecule has 0 spiro atoms. The molecule has 0 aromatic carbocycles. The fourth-order valence-corrected chi connectivity index (χ4v) is 3.12. The Bertz CT molecular complexity index is 396. The van der Waals surface area contributed by atoms with Gasteiger partial charge in [0.1, 0.15) is 5.15 Å². The van der Waals surface area contributed by atoms with Gasteiger partial charge in [-0.05, 0) is 19.8 Å². The Kier molecular flexibility index (Phi) is 4.65. The van der Waals surface area contributed by atoms with Crippen molar-refractivity contribution in [3.05, 3.63) is 16.4 Å². The van der Waals surface area contributed by atoms with Gasteiger partial charge in [-0.2, -0.15) is 5.10 Å². The monoisotopic (exact) mass is 270 g/mol. The molecule has 1 aliphatic rings. The number of halogens is 1. The lowest BCUT2D eigenvalue weighted by Gasteiger charge is -2.28. The van der Waals surface area contributed by atoms with Crippen LogP contribution in [0.5, 0.6) is 0 Å². The van der Waals surface area contributed by atoms with Gasteiger partial charge in [-0.1, -0.05) is 24.4 Å². The average molecular weight is 271 g/mol. The molecule has 4 nitrogen and oxygen atoms in total. The van der Waals surface area contributed by atoms with Crippen molar-refractivity contribution in [1.29, 1.82) is 0 Å². The summed E-state index contributed by atoms with van der Waals surface area (Å²) in [5.41, 5.74) is 7.92. The molecule has 102 valence electrons. The summed E-state index contributed by atoms with van der Waals surface area (Å²) in [5, 5.41) is 5.13. The van der Waals surface area contributed by atoms with Gasteiger partial charge in [0.15, 0.2) is 0 Å². The molecule has 0 aliphatic heterocycles. The number of rotatable bonds is 5. The molecule has 1 fully saturated rings. The van der Waals surface area contributed by atoms with E-state index in [2.05, 4.69) is 10.00 Å². The van der Waals surface area contributed by atoms with Crippen LogP contribution in [0, 0.1) is 6.92 Å². The zero-order valence-electron chi connectivity index (χ0n) is 11.3. The summed E-state index contributed by atoms with van der Waals surface area (Å²) in [7, 11) is 1.89. The summed E-state index contributed by atoms with van der Waals surface area (Å²) in [4.78, 5) is 2.48. The first-order valence-corrected chi connectivity index (χ1v) is 7.13. The van der Waals surface area contributed by atoms with Gasteiger partial charge < -0.3 is 5.73 Å². The fraction of sp³-hybridized carbons (Fsp3) is 0.769. The third-order valence-corrected chi connectivity index (χ3v) is 4.36. The molecule has 5 heteroatoms. The zero-order chi connectivity index (χ0) is 13.1. The summed E-state index contributed by atoms with van der Waals surface area (Å²) >= 11 is 6.31. The van der Waals surface area contributed by atoms with E-state index in [1.54, 1.807) is 4.68 Å². The van der Waals surface area contributed by atoms with Gasteiger partial charge in [0, 0.05) is 38.3 Å². The second-order valence-electron chi connectivity index (χ2n) is 5.18. The second kappa shape index (κ2) is 6.04. The van der Waals surface area contributed by atoms with Gasteiger partial charge >= 0.3 is 0 Å². The normalized spacial score (nSPS) is 16.9. The van der Waals surface area contributed by atoms with Crippen molar-refractivity contribution in [1.82, 2.24) is 14.7 Å². The van der Waals surface area contributed by atoms with E-state index in [4.69, 9.17) is 17.3 Å². The minimum atomic E-state index is 0.671. The SMILES string of the molecule is Cc1nn(C)c(Cl)c1CN(CCN)C1CCCC1. The molecule has 0 unspecified atom stereocenters. The lowest BCUT2D eigenvalue weighted by molar-refractivity contribution is 0.195. The third-order valence-electron chi connectivity index (χ3n) is 3.89. The summed E-state index contributed by atoms with van der Waals surface area (Å²) in [6.45, 7) is 4.54. The molecule has 1 saturated carbocycles. The third kappa shape index (κ3) is 2.87. The fourth-order valence-electron chi connectivity index (χ4n) is 2.88. The van der Waals surface area contributed by atoms with Crippen LogP contribution in [-0.2, 0) is 13.6 Å². The first kappa shape index (κ1) is 13.8. The van der Waals surface area contributed by atoms with Crippen molar-refractivity contribution < 1.29 is 0 Å². The molecule has 0 saturated heterocycles. The van der Waals surface area contributed by atoms with E-state index >= 15 is 0 Å². The maximum absolute atomic E-state index is 6.31. The van der Waals surface area contributed by atoms with Crippen LogP contribution in [0.25, 0.3) is 0 Å². The maximum Gasteiger partial charge on any atom is 0.131 e. The molecule has 0 bridgehead atoms. The van der Waals surface area contributed by atoms with Crippen LogP contribution in [0.15, 0.2) is 0 Å². The summed E-state index contributed by atoms with van der Waals surface area (Å²) in [6, 6.07) is 0.671. The number of nitrogens with two attached hydrogens (primary N) is 1. The van der Waals surface area contributed by atoms with E-state index in [1.165, 1.54) is 25.7 Å². The van der Waals surface area contributed by atoms with Crippen LogP contribution in [0.4, 0.5) is 0 Å². The van der Waals surface area contributed by atoms with Crippen LogP contribution >= 0.6 is 11.6 Å². The highest BCUT2D eigenvalue weighted by molar-refractivity contribution is 6.30. The van der Waals surface area contributed by atoms with E-state index in [0.29, 0.717) is 12.6 Å². The maximum atomic E-state index is 6.31. The van der Waals surface area contributed by atoms with E-state index in [9.17, 15) is 0 Å². The Balaban J connectivity index is 2.12. The Labute approximate surface area is 114 Å². The molecule has 1 aliphatic carbocycles. The van der Waals surface area contributed by atoms with Gasteiger partial charge in [0.25, 0.3) is 0 Å². The highest BCUT2D eigenvalue weighted by Gasteiger charge is 2.24. The van der Waals surface area contributed by atoms with Gasteiger partial charge in [-0.25, -0.2) is 0 Å². The predicted molar refractivity (Wildman–Crippen MR) is 74.7 cm³/mol. The van der Waals surface area contributed by atoms with Crippen LogP contribution in [0.3, 0.4) is 0 Å². The smallest absolute Gasteiger partial charge is 0.131 e. The van der Waals surface area contributed by atoms with Crippen molar-refractivity contribution in [3.8, 4) is 0 Å². The topological polar surface area (TPSA) is 47.1 Å². The highest BCUT2D eigenvalue weighted by atomic mass is 35.5. The molecule has 1 aromatic heterocycles. The second-order valence-corrected chi connectivity index (χ2v) is 5.53. The van der Waals surface area contributed by atoms with Crippen molar-refractivity contribution in [2.24, 2.45) is 12.8 Å². The lowest BCUT2D eigenvalue weighted by Crippen LogP contribution is -2.36. The average Bonchev–Trinajstić information content (AvgIpc) is 2.93. The molecular weight excluding hydrogens is 248 g/mol. The standard InChI is InChI=1S/C13H23ClN4/c1-10-12(13(14)17(2)16-10)9-18(8-7-15)11-5-3-4-6-11/h11H,3-9,15H2,1-2H3. The number of nitrogens with zero attached hydrogens (tertiary/aromatic N) is 3. The van der Waals surface area contributed by atoms with Gasteiger partial charge in [0.05, 0.1) is 5.69 Å². The summed E-state index contributed by atoms with van der Waals surface area (Å²) < 4.78 is 1.75. The quantitative estimate of drug-likeness (QED) is 0.891. The van der Waals surface area contributed by atoms with E-state index in [-0.39, 0.29) is 0 Å². The van der Waals surface area contributed by atoms with Crippen LogP contribution in [0.2, 0.25) is 5.15 Å². The van der Waals surface area contributed by atoms with Crippen molar-refractivity contribution >= 4 is 11.6 Å². The molecule has 0 amide bonds. The number of aryl methyl sites for hydroxylation is 2. The van der Waals surface area contributed by atoms with E-state index < -0.39 is 0 Å². The summed E-state index contributed by atoms with van der Waals surface area (Å²) in [6.07, 6.45) is 5.25. The Hall–Kier alpha value is -0.580. The van der Waals surface area contributed by atoms with E-state index in [1.807, 2.05) is 14.0 Å². The minimum Gasteiger partial charge on any atom is -0.329 e.